The summed E-state index contributed by atoms with van der Waals surface area (Å²) in [5, 5.41) is 1.06. The van der Waals surface area contributed by atoms with Crippen molar-refractivity contribution in [3.63, 3.8) is 0 Å². The highest BCUT2D eigenvalue weighted by molar-refractivity contribution is 7.99. The quantitative estimate of drug-likeness (QED) is 0.519. The first kappa shape index (κ1) is 7.02. The topological polar surface area (TPSA) is 0 Å². The van der Waals surface area contributed by atoms with E-state index in [1.807, 2.05) is 0 Å². The van der Waals surface area contributed by atoms with Crippen LogP contribution in [0.1, 0.15) is 32.6 Å². The van der Waals surface area contributed by atoms with Crippen LogP contribution in [0.2, 0.25) is 0 Å². The first-order chi connectivity index (χ1) is 4.86. The van der Waals surface area contributed by atoms with Crippen LogP contribution in [0.25, 0.3) is 0 Å². The highest BCUT2D eigenvalue weighted by Gasteiger charge is 2.33. The van der Waals surface area contributed by atoms with Crippen LogP contribution >= 0.6 is 11.8 Å². The SMILES string of the molecule is C[C@@H]1CC2CCCSC2C1. The molecule has 0 aromatic rings. The first-order valence-electron chi connectivity index (χ1n) is 4.48. The molecular formula is C9H16S. The summed E-state index contributed by atoms with van der Waals surface area (Å²) in [5.74, 6) is 3.57. The third-order valence-corrected chi connectivity index (χ3v) is 4.45. The van der Waals surface area contributed by atoms with Crippen LogP contribution in [0.5, 0.6) is 0 Å². The van der Waals surface area contributed by atoms with Crippen molar-refractivity contribution in [2.75, 3.05) is 5.75 Å². The van der Waals surface area contributed by atoms with Gasteiger partial charge in [-0.2, -0.15) is 11.8 Å². The third kappa shape index (κ3) is 1.20. The first-order valence-corrected chi connectivity index (χ1v) is 5.53. The lowest BCUT2D eigenvalue weighted by atomic mass is 10.0. The van der Waals surface area contributed by atoms with E-state index in [9.17, 15) is 0 Å². The highest BCUT2D eigenvalue weighted by Crippen LogP contribution is 2.44. The van der Waals surface area contributed by atoms with Gasteiger partial charge in [-0.3, -0.25) is 0 Å². The summed E-state index contributed by atoms with van der Waals surface area (Å²) in [6.45, 7) is 2.42. The lowest BCUT2D eigenvalue weighted by Crippen LogP contribution is -2.15. The maximum atomic E-state index is 2.42. The van der Waals surface area contributed by atoms with Crippen molar-refractivity contribution in [3.05, 3.63) is 0 Å². The second-order valence-electron chi connectivity index (χ2n) is 3.89. The Bertz CT molecular complexity index is 108. The van der Waals surface area contributed by atoms with E-state index in [-0.39, 0.29) is 0 Å². The predicted octanol–water partition coefficient (Wildman–Crippen LogP) is 2.93. The Balaban J connectivity index is 1.97. The van der Waals surface area contributed by atoms with Crippen molar-refractivity contribution in [3.8, 4) is 0 Å². The van der Waals surface area contributed by atoms with Gasteiger partial charge in [0.15, 0.2) is 0 Å². The summed E-state index contributed by atoms with van der Waals surface area (Å²) in [7, 11) is 0. The van der Waals surface area contributed by atoms with Crippen LogP contribution in [0, 0.1) is 11.8 Å². The van der Waals surface area contributed by atoms with Crippen molar-refractivity contribution in [2.45, 2.75) is 37.9 Å². The standard InChI is InChI=1S/C9H16S/c1-7-5-8-3-2-4-10-9(8)6-7/h7-9H,2-6H2,1H3/t7-,8?,9?/m1/s1. The summed E-state index contributed by atoms with van der Waals surface area (Å²) in [6, 6.07) is 0. The van der Waals surface area contributed by atoms with Gasteiger partial charge in [-0.15, -0.1) is 0 Å². The summed E-state index contributed by atoms with van der Waals surface area (Å²) in [4.78, 5) is 0. The number of fused-ring (bicyclic) bond motifs is 1. The summed E-state index contributed by atoms with van der Waals surface area (Å²) in [5.41, 5.74) is 0. The zero-order valence-electron chi connectivity index (χ0n) is 6.68. The molecule has 1 saturated heterocycles. The molecular weight excluding hydrogens is 140 g/mol. The molecule has 0 radical (unpaired) electrons. The van der Waals surface area contributed by atoms with Gasteiger partial charge in [0.2, 0.25) is 0 Å². The monoisotopic (exact) mass is 156 g/mol. The van der Waals surface area contributed by atoms with Crippen LogP contribution in [-0.4, -0.2) is 11.0 Å². The van der Waals surface area contributed by atoms with Gasteiger partial charge in [0.05, 0.1) is 0 Å². The fraction of sp³-hybridized carbons (Fsp3) is 1.00. The second-order valence-corrected chi connectivity index (χ2v) is 5.24. The van der Waals surface area contributed by atoms with E-state index in [0.717, 1.165) is 17.1 Å². The molecule has 1 aliphatic carbocycles. The van der Waals surface area contributed by atoms with Gasteiger partial charge in [-0.1, -0.05) is 6.92 Å². The molecule has 2 rings (SSSR count). The van der Waals surface area contributed by atoms with E-state index < -0.39 is 0 Å². The minimum Gasteiger partial charge on any atom is -0.158 e. The van der Waals surface area contributed by atoms with Crippen LogP contribution in [0.4, 0.5) is 0 Å². The average Bonchev–Trinajstić information content (AvgIpc) is 2.27. The van der Waals surface area contributed by atoms with Gasteiger partial charge in [0.25, 0.3) is 0 Å². The number of rotatable bonds is 0. The van der Waals surface area contributed by atoms with E-state index in [1.54, 1.807) is 0 Å². The predicted molar refractivity (Wildman–Crippen MR) is 47.4 cm³/mol. The molecule has 0 N–H and O–H groups in total. The van der Waals surface area contributed by atoms with E-state index in [0.29, 0.717) is 0 Å². The lowest BCUT2D eigenvalue weighted by Gasteiger charge is -2.23. The molecule has 58 valence electrons. The summed E-state index contributed by atoms with van der Waals surface area (Å²) < 4.78 is 0. The van der Waals surface area contributed by atoms with Crippen LogP contribution in [-0.2, 0) is 0 Å². The zero-order chi connectivity index (χ0) is 6.97. The van der Waals surface area contributed by atoms with Gasteiger partial charge in [-0.25, -0.2) is 0 Å². The van der Waals surface area contributed by atoms with Crippen molar-refractivity contribution in [2.24, 2.45) is 11.8 Å². The molecule has 3 atom stereocenters. The molecule has 0 bridgehead atoms. The van der Waals surface area contributed by atoms with Gasteiger partial charge < -0.3 is 0 Å². The smallest absolute Gasteiger partial charge is 0.00779 e. The Labute approximate surface area is 67.8 Å². The number of hydrogen-bond acceptors (Lipinski definition) is 1. The molecule has 2 unspecified atom stereocenters. The Kier molecular flexibility index (Phi) is 1.94. The molecule has 1 heteroatoms. The normalized spacial score (nSPS) is 47.1. The van der Waals surface area contributed by atoms with Crippen molar-refractivity contribution >= 4 is 11.8 Å². The summed E-state index contributed by atoms with van der Waals surface area (Å²) >= 11 is 2.24. The fourth-order valence-corrected chi connectivity index (χ4v) is 4.06. The van der Waals surface area contributed by atoms with Gasteiger partial charge in [0.1, 0.15) is 0 Å². The Hall–Kier alpha value is 0.350. The largest absolute Gasteiger partial charge is 0.158 e. The molecule has 0 aromatic heterocycles. The molecule has 2 aliphatic rings. The summed E-state index contributed by atoms with van der Waals surface area (Å²) in [6.07, 6.45) is 6.05. The van der Waals surface area contributed by atoms with Crippen LogP contribution in [0.3, 0.4) is 0 Å². The Morgan fingerprint density at radius 1 is 1.30 bits per heavy atom. The van der Waals surface area contributed by atoms with E-state index in [2.05, 4.69) is 18.7 Å². The Morgan fingerprint density at radius 2 is 2.20 bits per heavy atom. The van der Waals surface area contributed by atoms with Crippen molar-refractivity contribution in [1.82, 2.24) is 0 Å². The lowest BCUT2D eigenvalue weighted by molar-refractivity contribution is 0.472. The third-order valence-electron chi connectivity index (χ3n) is 2.92. The molecule has 1 saturated carbocycles. The number of thioether (sulfide) groups is 1. The molecule has 0 spiro atoms. The van der Waals surface area contributed by atoms with Crippen molar-refractivity contribution in [1.29, 1.82) is 0 Å². The second kappa shape index (κ2) is 2.77. The van der Waals surface area contributed by atoms with E-state index >= 15 is 0 Å². The van der Waals surface area contributed by atoms with Crippen molar-refractivity contribution < 1.29 is 0 Å². The number of hydrogen-bond donors (Lipinski definition) is 0. The molecule has 0 amide bonds. The van der Waals surface area contributed by atoms with E-state index in [4.69, 9.17) is 0 Å². The molecule has 0 nitrogen and oxygen atoms in total. The molecule has 1 aliphatic heterocycles. The maximum Gasteiger partial charge on any atom is 0.00779 e. The molecule has 2 fully saturated rings. The minimum absolute atomic E-state index is 1.03. The van der Waals surface area contributed by atoms with Gasteiger partial charge in [-0.05, 0) is 43.3 Å². The van der Waals surface area contributed by atoms with Gasteiger partial charge >= 0.3 is 0 Å². The highest BCUT2D eigenvalue weighted by atomic mass is 32.2. The fourth-order valence-electron chi connectivity index (χ4n) is 2.44. The zero-order valence-corrected chi connectivity index (χ0v) is 7.49. The van der Waals surface area contributed by atoms with Gasteiger partial charge in [0, 0.05) is 5.25 Å². The maximum absolute atomic E-state index is 2.42. The molecule has 0 aromatic carbocycles. The Morgan fingerprint density at radius 3 is 3.00 bits per heavy atom. The van der Waals surface area contributed by atoms with Crippen LogP contribution in [0.15, 0.2) is 0 Å². The van der Waals surface area contributed by atoms with E-state index in [1.165, 1.54) is 31.4 Å². The van der Waals surface area contributed by atoms with Crippen LogP contribution < -0.4 is 0 Å². The average molecular weight is 156 g/mol. The molecule has 1 heterocycles. The molecule has 10 heavy (non-hydrogen) atoms. The minimum atomic E-state index is 1.03.